The number of pyridine rings is 1. The Morgan fingerprint density at radius 3 is 2.95 bits per heavy atom. The number of hydrogen-bond acceptors (Lipinski definition) is 3. The van der Waals surface area contributed by atoms with Gasteiger partial charge in [0.05, 0.1) is 5.69 Å². The Kier molecular flexibility index (Phi) is 3.22. The van der Waals surface area contributed by atoms with Crippen molar-refractivity contribution in [3.63, 3.8) is 0 Å². The molecule has 0 unspecified atom stereocenters. The molecule has 2 N–H and O–H groups in total. The molecule has 0 bridgehead atoms. The van der Waals surface area contributed by atoms with E-state index in [0.717, 1.165) is 43.1 Å². The van der Waals surface area contributed by atoms with Gasteiger partial charge in [-0.1, -0.05) is 12.1 Å². The fraction of sp³-hybridized carbons (Fsp3) is 0.312. The molecule has 0 spiro atoms. The van der Waals surface area contributed by atoms with Crippen LogP contribution in [0.15, 0.2) is 36.4 Å². The lowest BCUT2D eigenvalue weighted by Gasteiger charge is -2.28. The van der Waals surface area contributed by atoms with Gasteiger partial charge >= 0.3 is 0 Å². The molecule has 0 aliphatic carbocycles. The summed E-state index contributed by atoms with van der Waals surface area (Å²) in [6, 6.07) is 12.5. The maximum atomic E-state index is 5.87. The number of nitrogens with two attached hydrogens (primary N) is 1. The summed E-state index contributed by atoms with van der Waals surface area (Å²) >= 11 is 0. The number of anilines is 1. The Balaban J connectivity index is 1.75. The van der Waals surface area contributed by atoms with Crippen LogP contribution in [-0.4, -0.2) is 16.4 Å². The normalized spacial score (nSPS) is 15.2. The van der Waals surface area contributed by atoms with E-state index in [1.54, 1.807) is 0 Å². The summed E-state index contributed by atoms with van der Waals surface area (Å²) in [5.41, 5.74) is 11.7. The number of nitrogens with zero attached hydrogens (tertiary/aromatic N) is 2. The molecule has 0 amide bonds. The van der Waals surface area contributed by atoms with E-state index in [-0.39, 0.29) is 0 Å². The minimum Gasteiger partial charge on any atom is -0.399 e. The van der Waals surface area contributed by atoms with Gasteiger partial charge in [0, 0.05) is 31.0 Å². The SMILES string of the molecule is Cc1cccc(CN2CCc3ccc(N)cc3C2)n1. The van der Waals surface area contributed by atoms with Gasteiger partial charge in [0.2, 0.25) is 0 Å². The average Bonchev–Trinajstić information content (AvgIpc) is 2.38. The monoisotopic (exact) mass is 253 g/mol. The molecule has 19 heavy (non-hydrogen) atoms. The van der Waals surface area contributed by atoms with Crippen molar-refractivity contribution >= 4 is 5.69 Å². The molecule has 2 aromatic rings. The quantitative estimate of drug-likeness (QED) is 0.836. The van der Waals surface area contributed by atoms with E-state index in [2.05, 4.69) is 34.1 Å². The molecule has 0 atom stereocenters. The third-order valence-electron chi connectivity index (χ3n) is 3.65. The third kappa shape index (κ3) is 2.76. The average molecular weight is 253 g/mol. The molecule has 1 aromatic carbocycles. The maximum absolute atomic E-state index is 5.87. The van der Waals surface area contributed by atoms with Gasteiger partial charge in [-0.2, -0.15) is 0 Å². The van der Waals surface area contributed by atoms with Crippen LogP contribution in [0.5, 0.6) is 0 Å². The highest BCUT2D eigenvalue weighted by Gasteiger charge is 2.16. The van der Waals surface area contributed by atoms with Crippen molar-refractivity contribution in [2.75, 3.05) is 12.3 Å². The molecule has 98 valence electrons. The van der Waals surface area contributed by atoms with Crippen molar-refractivity contribution in [2.24, 2.45) is 0 Å². The highest BCUT2D eigenvalue weighted by Crippen LogP contribution is 2.22. The minimum atomic E-state index is 0.856. The number of rotatable bonds is 2. The highest BCUT2D eigenvalue weighted by atomic mass is 15.1. The van der Waals surface area contributed by atoms with E-state index in [4.69, 9.17) is 5.73 Å². The molecule has 2 heterocycles. The predicted octanol–water partition coefficient (Wildman–Crippen LogP) is 2.53. The second-order valence-electron chi connectivity index (χ2n) is 5.26. The van der Waals surface area contributed by atoms with Gasteiger partial charge in [0.1, 0.15) is 0 Å². The van der Waals surface area contributed by atoms with Crippen molar-refractivity contribution in [1.82, 2.24) is 9.88 Å². The number of nitrogen functional groups attached to an aromatic ring is 1. The van der Waals surface area contributed by atoms with Gasteiger partial charge in [-0.25, -0.2) is 0 Å². The summed E-state index contributed by atoms with van der Waals surface area (Å²) in [6.07, 6.45) is 1.10. The first kappa shape index (κ1) is 12.2. The summed E-state index contributed by atoms with van der Waals surface area (Å²) in [4.78, 5) is 7.01. The molecule has 0 saturated carbocycles. The van der Waals surface area contributed by atoms with E-state index in [1.165, 1.54) is 11.1 Å². The van der Waals surface area contributed by atoms with Crippen LogP contribution >= 0.6 is 0 Å². The third-order valence-corrected chi connectivity index (χ3v) is 3.65. The molecule has 1 aromatic heterocycles. The number of aromatic nitrogens is 1. The van der Waals surface area contributed by atoms with E-state index in [1.807, 2.05) is 19.1 Å². The van der Waals surface area contributed by atoms with Gasteiger partial charge in [0.15, 0.2) is 0 Å². The fourth-order valence-corrected chi connectivity index (χ4v) is 2.69. The van der Waals surface area contributed by atoms with Crippen LogP contribution < -0.4 is 5.73 Å². The van der Waals surface area contributed by atoms with Crippen LogP contribution in [0.25, 0.3) is 0 Å². The number of benzene rings is 1. The van der Waals surface area contributed by atoms with Crippen molar-refractivity contribution in [1.29, 1.82) is 0 Å². The van der Waals surface area contributed by atoms with Crippen molar-refractivity contribution < 1.29 is 0 Å². The van der Waals surface area contributed by atoms with E-state index >= 15 is 0 Å². The Bertz CT molecular complexity index is 592. The molecular formula is C16H19N3. The Labute approximate surface area is 114 Å². The molecule has 3 heteroatoms. The van der Waals surface area contributed by atoms with Crippen molar-refractivity contribution in [3.8, 4) is 0 Å². The first-order valence-electron chi connectivity index (χ1n) is 6.73. The molecule has 0 radical (unpaired) electrons. The van der Waals surface area contributed by atoms with Crippen LogP contribution in [0.4, 0.5) is 5.69 Å². The number of fused-ring (bicyclic) bond motifs is 1. The smallest absolute Gasteiger partial charge is 0.0547 e. The highest BCUT2D eigenvalue weighted by molar-refractivity contribution is 5.45. The first-order chi connectivity index (χ1) is 9.20. The van der Waals surface area contributed by atoms with E-state index in [9.17, 15) is 0 Å². The Hall–Kier alpha value is -1.87. The zero-order valence-electron chi connectivity index (χ0n) is 11.3. The fourth-order valence-electron chi connectivity index (χ4n) is 2.69. The van der Waals surface area contributed by atoms with Crippen LogP contribution in [0.2, 0.25) is 0 Å². The van der Waals surface area contributed by atoms with Gasteiger partial charge in [-0.3, -0.25) is 9.88 Å². The number of aryl methyl sites for hydroxylation is 1. The summed E-state index contributed by atoms with van der Waals surface area (Å²) < 4.78 is 0. The predicted molar refractivity (Wildman–Crippen MR) is 77.6 cm³/mol. The largest absolute Gasteiger partial charge is 0.399 e. The van der Waals surface area contributed by atoms with Gasteiger partial charge < -0.3 is 5.73 Å². The van der Waals surface area contributed by atoms with Gasteiger partial charge in [-0.15, -0.1) is 0 Å². The molecule has 0 fully saturated rings. The molecule has 0 saturated heterocycles. The summed E-state index contributed by atoms with van der Waals surface area (Å²) in [7, 11) is 0. The van der Waals surface area contributed by atoms with Crippen molar-refractivity contribution in [2.45, 2.75) is 26.4 Å². The molecule has 3 nitrogen and oxygen atoms in total. The first-order valence-corrected chi connectivity index (χ1v) is 6.73. The lowest BCUT2D eigenvalue weighted by Crippen LogP contribution is -2.30. The molecule has 3 rings (SSSR count). The zero-order chi connectivity index (χ0) is 13.2. The second-order valence-corrected chi connectivity index (χ2v) is 5.26. The Morgan fingerprint density at radius 1 is 1.21 bits per heavy atom. The van der Waals surface area contributed by atoms with Gasteiger partial charge in [-0.05, 0) is 48.7 Å². The van der Waals surface area contributed by atoms with Gasteiger partial charge in [0.25, 0.3) is 0 Å². The van der Waals surface area contributed by atoms with Crippen LogP contribution in [-0.2, 0) is 19.5 Å². The van der Waals surface area contributed by atoms with Crippen LogP contribution in [0.1, 0.15) is 22.5 Å². The van der Waals surface area contributed by atoms with Crippen LogP contribution in [0.3, 0.4) is 0 Å². The Morgan fingerprint density at radius 2 is 2.11 bits per heavy atom. The van der Waals surface area contributed by atoms with E-state index < -0.39 is 0 Å². The topological polar surface area (TPSA) is 42.1 Å². The second kappa shape index (κ2) is 5.02. The maximum Gasteiger partial charge on any atom is 0.0547 e. The lowest BCUT2D eigenvalue weighted by molar-refractivity contribution is 0.242. The van der Waals surface area contributed by atoms with Crippen molar-refractivity contribution in [3.05, 3.63) is 58.9 Å². The lowest BCUT2D eigenvalue weighted by atomic mass is 9.99. The summed E-state index contributed by atoms with van der Waals surface area (Å²) in [5, 5.41) is 0. The molecule has 1 aliphatic heterocycles. The zero-order valence-corrected chi connectivity index (χ0v) is 11.3. The minimum absolute atomic E-state index is 0.856. The molecule has 1 aliphatic rings. The van der Waals surface area contributed by atoms with Crippen LogP contribution in [0, 0.1) is 6.92 Å². The molecular weight excluding hydrogens is 234 g/mol. The standard InChI is InChI=1S/C16H19N3/c1-12-3-2-4-16(18-12)11-19-8-7-13-5-6-15(17)9-14(13)10-19/h2-6,9H,7-8,10-11,17H2,1H3. The number of hydrogen-bond donors (Lipinski definition) is 1. The summed E-state index contributed by atoms with van der Waals surface area (Å²) in [6.45, 7) is 5.01. The summed E-state index contributed by atoms with van der Waals surface area (Å²) in [5.74, 6) is 0. The van der Waals surface area contributed by atoms with E-state index in [0.29, 0.717) is 0 Å².